The maximum Gasteiger partial charge on any atom is 0.344 e. The van der Waals surface area contributed by atoms with Gasteiger partial charge in [0.25, 0.3) is 0 Å². The van der Waals surface area contributed by atoms with Crippen molar-refractivity contribution >= 4 is 30.2 Å². The molecule has 5 fully saturated rings. The summed E-state index contributed by atoms with van der Waals surface area (Å²) in [5.74, 6) is 0.222. The first-order chi connectivity index (χ1) is 14.2. The molecule has 4 bridgehead atoms. The third-order valence-electron chi connectivity index (χ3n) is 7.07. The van der Waals surface area contributed by atoms with E-state index in [1.165, 1.54) is 19.3 Å². The number of aliphatic hydroxyl groups excluding tert-OH is 2. The molecule has 0 spiro atoms. The normalized spacial score (nSPS) is 46.1. The van der Waals surface area contributed by atoms with Crippen molar-refractivity contribution < 1.29 is 52.2 Å². The first-order valence-electron chi connectivity index (χ1n) is 10.3. The second kappa shape index (κ2) is 8.28. The molecule has 4 aliphatic carbocycles. The van der Waals surface area contributed by atoms with Crippen LogP contribution in [0.3, 0.4) is 0 Å². The van der Waals surface area contributed by atoms with Crippen molar-refractivity contribution in [3.05, 3.63) is 0 Å². The van der Waals surface area contributed by atoms with Gasteiger partial charge in [0, 0.05) is 5.41 Å². The van der Waals surface area contributed by atoms with Crippen LogP contribution in [0.1, 0.15) is 38.5 Å². The largest absolute Gasteiger partial charge is 0.443 e. The topological polar surface area (TPSA) is 180 Å². The van der Waals surface area contributed by atoms with E-state index < -0.39 is 59.6 Å². The Hall–Kier alpha value is 0.435. The van der Waals surface area contributed by atoms with E-state index in [-0.39, 0.29) is 5.41 Å². The lowest BCUT2D eigenvalue weighted by Gasteiger charge is -2.59. The van der Waals surface area contributed by atoms with E-state index in [2.05, 4.69) is 4.31 Å². The summed E-state index contributed by atoms with van der Waals surface area (Å²) in [6, 6.07) is 0. The Balaban J connectivity index is 1.38. The van der Waals surface area contributed by atoms with Gasteiger partial charge in [0.05, 0.1) is 20.2 Å². The van der Waals surface area contributed by atoms with Gasteiger partial charge in [-0.05, 0) is 56.3 Å². The zero-order valence-electron chi connectivity index (χ0n) is 16.8. The molecule has 5 rings (SSSR count). The van der Waals surface area contributed by atoms with Crippen molar-refractivity contribution in [2.24, 2.45) is 23.2 Å². The van der Waals surface area contributed by atoms with Gasteiger partial charge in [-0.25, -0.2) is 0 Å². The molecule has 1 saturated heterocycles. The molecule has 0 aromatic heterocycles. The van der Waals surface area contributed by atoms with Crippen molar-refractivity contribution in [3.8, 4) is 0 Å². The SMILES string of the molecule is [B-]P(=O)(OCC1OC(C23CC4CC(CC(C4)C2)C3)C(O)C1O)OP(=O)(O)CP(=O)(O)O. The van der Waals surface area contributed by atoms with Crippen LogP contribution in [-0.2, 0) is 27.3 Å². The smallest absolute Gasteiger partial charge is 0.344 e. The minimum atomic E-state index is -5.00. The van der Waals surface area contributed by atoms with Crippen molar-refractivity contribution in [2.45, 2.75) is 62.9 Å². The van der Waals surface area contributed by atoms with Crippen LogP contribution in [0, 0.1) is 23.2 Å². The van der Waals surface area contributed by atoms with Gasteiger partial charge in [0.1, 0.15) is 18.3 Å². The molecule has 0 amide bonds. The van der Waals surface area contributed by atoms with Crippen LogP contribution in [0.5, 0.6) is 0 Å². The molecule has 4 saturated carbocycles. The van der Waals surface area contributed by atoms with Gasteiger partial charge in [0.15, 0.2) is 5.90 Å². The van der Waals surface area contributed by atoms with Gasteiger partial charge < -0.3 is 46.3 Å². The standard InChI is InChI=1S/C16H28BO11P3/c17-31(25,28-30(23,24)8-29(20,21)22)26-7-12-13(18)14(19)15(27-12)16-4-9-1-10(5-16)3-11(2-9)6-16/h9-15,18-19H,1-8H2,(H,23,24)(H2,20,21,22)/q-1. The van der Waals surface area contributed by atoms with Crippen LogP contribution in [0.15, 0.2) is 0 Å². The van der Waals surface area contributed by atoms with E-state index >= 15 is 0 Å². The van der Waals surface area contributed by atoms with Gasteiger partial charge in [-0.3, -0.25) is 13.4 Å². The maximum atomic E-state index is 12.2. The molecular weight excluding hydrogens is 472 g/mol. The molecule has 5 N–H and O–H groups in total. The lowest BCUT2D eigenvalue weighted by atomic mass is 9.48. The third-order valence-corrected chi connectivity index (χ3v) is 12.4. The van der Waals surface area contributed by atoms with Crippen LogP contribution < -0.4 is 0 Å². The van der Waals surface area contributed by atoms with Gasteiger partial charge in [-0.2, -0.15) is 0 Å². The molecule has 6 unspecified atom stereocenters. The van der Waals surface area contributed by atoms with E-state index in [4.69, 9.17) is 26.6 Å². The maximum absolute atomic E-state index is 12.2. The van der Waals surface area contributed by atoms with E-state index in [0.717, 1.165) is 19.3 Å². The van der Waals surface area contributed by atoms with Crippen molar-refractivity contribution in [1.29, 1.82) is 0 Å². The summed E-state index contributed by atoms with van der Waals surface area (Å²) >= 11 is 0. The van der Waals surface area contributed by atoms with Crippen molar-refractivity contribution in [2.75, 3.05) is 12.5 Å². The summed E-state index contributed by atoms with van der Waals surface area (Å²) in [6.45, 7) is -0.592. The third kappa shape index (κ3) is 5.41. The molecular formula is C16H28BO11P3-. The van der Waals surface area contributed by atoms with Gasteiger partial charge in [0.2, 0.25) is 0 Å². The number of hydrogen-bond acceptors (Lipinski definition) is 8. The predicted molar refractivity (Wildman–Crippen MR) is 108 cm³/mol. The van der Waals surface area contributed by atoms with Crippen LogP contribution in [0.4, 0.5) is 0 Å². The quantitative estimate of drug-likeness (QED) is 0.240. The molecule has 1 aliphatic heterocycles. The van der Waals surface area contributed by atoms with E-state index in [1.54, 1.807) is 0 Å². The lowest BCUT2D eigenvalue weighted by molar-refractivity contribution is -0.158. The molecule has 177 valence electrons. The molecule has 11 nitrogen and oxygen atoms in total. The molecule has 0 aromatic rings. The molecule has 1 heterocycles. The zero-order valence-corrected chi connectivity index (χ0v) is 19.5. The van der Waals surface area contributed by atoms with E-state index in [0.29, 0.717) is 17.8 Å². The summed E-state index contributed by atoms with van der Waals surface area (Å²) in [6.07, 6.45) is 2.16. The highest BCUT2D eigenvalue weighted by Gasteiger charge is 2.60. The van der Waals surface area contributed by atoms with Crippen LogP contribution in [0.2, 0.25) is 0 Å². The average Bonchev–Trinajstić information content (AvgIpc) is 2.84. The number of aliphatic hydroxyl groups is 2. The second-order valence-corrected chi connectivity index (χ2v) is 15.4. The van der Waals surface area contributed by atoms with Crippen LogP contribution in [-0.4, -0.2) is 69.4 Å². The zero-order chi connectivity index (χ0) is 22.8. The fourth-order valence-corrected chi connectivity index (χ4v) is 11.1. The Morgan fingerprint density at radius 3 is 1.94 bits per heavy atom. The number of hydrogen-bond donors (Lipinski definition) is 5. The van der Waals surface area contributed by atoms with Crippen molar-refractivity contribution in [3.63, 3.8) is 0 Å². The van der Waals surface area contributed by atoms with E-state index in [9.17, 15) is 28.8 Å². The molecule has 5 aliphatic rings. The second-order valence-electron chi connectivity index (χ2n) is 9.72. The molecule has 31 heavy (non-hydrogen) atoms. The molecule has 15 heteroatoms. The summed E-state index contributed by atoms with van der Waals surface area (Å²) in [7, 11) is -9.36. The van der Waals surface area contributed by atoms with Gasteiger partial charge in [-0.1, -0.05) is 0 Å². The summed E-state index contributed by atoms with van der Waals surface area (Å²) in [4.78, 5) is 27.1. The molecule has 0 aromatic carbocycles. The highest BCUT2D eigenvalue weighted by molar-refractivity contribution is 7.85. The Kier molecular flexibility index (Phi) is 6.56. The van der Waals surface area contributed by atoms with Crippen LogP contribution >= 0.6 is 22.7 Å². The Morgan fingerprint density at radius 2 is 1.45 bits per heavy atom. The van der Waals surface area contributed by atoms with Crippen LogP contribution in [0.25, 0.3) is 0 Å². The first kappa shape index (κ1) is 24.6. The minimum Gasteiger partial charge on any atom is -0.443 e. The minimum absolute atomic E-state index is 0.225. The summed E-state index contributed by atoms with van der Waals surface area (Å²) in [5, 5.41) is 21.2. The van der Waals surface area contributed by atoms with Gasteiger partial charge >= 0.3 is 15.2 Å². The number of rotatable bonds is 8. The fourth-order valence-electron chi connectivity index (χ4n) is 6.56. The first-order valence-corrected chi connectivity index (χ1v) is 15.5. The predicted octanol–water partition coefficient (Wildman–Crippen LogP) is 1.32. The Labute approximate surface area is 181 Å². The Morgan fingerprint density at radius 1 is 0.935 bits per heavy atom. The number of ether oxygens (including phenoxy) is 1. The summed E-state index contributed by atoms with van der Waals surface area (Å²) in [5.41, 5.74) is -0.225. The van der Waals surface area contributed by atoms with Gasteiger partial charge in [-0.15, -0.1) is 0 Å². The highest BCUT2D eigenvalue weighted by Crippen LogP contribution is 2.65. The fraction of sp³-hybridized carbons (Fsp3) is 1.00. The summed E-state index contributed by atoms with van der Waals surface area (Å²) < 4.78 is 50.0. The highest BCUT2D eigenvalue weighted by atomic mass is 31.3. The monoisotopic (exact) mass is 500 g/mol. The molecule has 6 atom stereocenters. The average molecular weight is 500 g/mol. The molecule has 3 radical (unpaired) electrons. The van der Waals surface area contributed by atoms with E-state index in [1.807, 2.05) is 0 Å². The lowest BCUT2D eigenvalue weighted by Crippen LogP contribution is -2.54. The Bertz CT molecular complexity index is 811. The van der Waals surface area contributed by atoms with Crippen molar-refractivity contribution in [1.82, 2.24) is 0 Å².